The van der Waals surface area contributed by atoms with Crippen LogP contribution in [0.4, 0.5) is 9.59 Å². The Balaban J connectivity index is 3.59. The summed E-state index contributed by atoms with van der Waals surface area (Å²) < 4.78 is 9.17. The van der Waals surface area contributed by atoms with Crippen LogP contribution < -0.4 is 10.6 Å². The number of amides is 2. The molecular weight excluding hydrogens is 300 g/mol. The summed E-state index contributed by atoms with van der Waals surface area (Å²) in [5.74, 6) is 2.71. The Morgan fingerprint density at radius 3 is 1.45 bits per heavy atom. The molecule has 0 aliphatic rings. The molecule has 0 aliphatic carbocycles. The van der Waals surface area contributed by atoms with Crippen LogP contribution in [0, 0.1) is 11.8 Å². The van der Waals surface area contributed by atoms with Crippen molar-refractivity contribution in [2.24, 2.45) is 0 Å². The quantitative estimate of drug-likeness (QED) is 0.433. The predicted molar refractivity (Wildman–Crippen MR) is 71.0 cm³/mol. The van der Waals surface area contributed by atoms with Crippen molar-refractivity contribution in [2.75, 3.05) is 26.3 Å². The molecule has 0 spiro atoms. The highest BCUT2D eigenvalue weighted by Gasteiger charge is 2.02. The smallest absolute Gasteiger partial charge is 0.408 e. The summed E-state index contributed by atoms with van der Waals surface area (Å²) in [6.07, 6.45) is -2.04. The number of ether oxygens (including phenoxy) is 2. The van der Waals surface area contributed by atoms with E-state index in [0.29, 0.717) is 0 Å². The summed E-state index contributed by atoms with van der Waals surface area (Å²) >= 11 is 0. The molecule has 0 rings (SSSR count). The van der Waals surface area contributed by atoms with Crippen molar-refractivity contribution in [1.82, 2.24) is 10.6 Å². The Bertz CT molecular complexity index is 425. The largest absolute Gasteiger partial charge is 0.481 e. The number of alkyl carbamates (subject to hydrolysis) is 2. The van der Waals surface area contributed by atoms with Gasteiger partial charge in [-0.15, -0.1) is 0 Å². The first-order chi connectivity index (χ1) is 10.4. The third-order valence-corrected chi connectivity index (χ3v) is 1.89. The molecule has 0 aliphatic heterocycles. The van der Waals surface area contributed by atoms with Crippen molar-refractivity contribution in [3.63, 3.8) is 0 Å². The second-order valence-electron chi connectivity index (χ2n) is 3.65. The molecule has 0 aromatic rings. The molecule has 0 fully saturated rings. The predicted octanol–water partition coefficient (Wildman–Crippen LogP) is -0.608. The Morgan fingerprint density at radius 1 is 0.773 bits per heavy atom. The van der Waals surface area contributed by atoms with Crippen molar-refractivity contribution < 1.29 is 38.9 Å². The molecule has 0 saturated carbocycles. The average molecular weight is 316 g/mol. The molecule has 2 amide bonds. The highest BCUT2D eigenvalue weighted by Crippen LogP contribution is 1.81. The summed E-state index contributed by atoms with van der Waals surface area (Å²) in [5.41, 5.74) is 0. The van der Waals surface area contributed by atoms with Crippen LogP contribution in [0.25, 0.3) is 0 Å². The number of nitrogens with one attached hydrogen (secondary N) is 2. The van der Waals surface area contributed by atoms with Gasteiger partial charge in [0.25, 0.3) is 0 Å². The number of carboxylic acids is 2. The van der Waals surface area contributed by atoms with Gasteiger partial charge < -0.3 is 30.3 Å². The molecule has 0 bridgehead atoms. The van der Waals surface area contributed by atoms with Crippen molar-refractivity contribution in [3.8, 4) is 11.8 Å². The number of hydrogen-bond acceptors (Lipinski definition) is 6. The molecular formula is C12H16N2O8. The lowest BCUT2D eigenvalue weighted by molar-refractivity contribution is -0.137. The zero-order chi connectivity index (χ0) is 16.8. The normalized spacial score (nSPS) is 8.91. The van der Waals surface area contributed by atoms with E-state index in [1.807, 2.05) is 0 Å². The molecule has 122 valence electrons. The van der Waals surface area contributed by atoms with E-state index >= 15 is 0 Å². The zero-order valence-electron chi connectivity index (χ0n) is 11.6. The van der Waals surface area contributed by atoms with Crippen molar-refractivity contribution in [1.29, 1.82) is 0 Å². The third kappa shape index (κ3) is 13.5. The SMILES string of the molecule is O=C(O)CCNC(=O)OCC#CCOC(=O)NCCC(=O)O. The van der Waals surface area contributed by atoms with Crippen LogP contribution in [0.5, 0.6) is 0 Å². The molecule has 0 aromatic heterocycles. The molecule has 10 heteroatoms. The van der Waals surface area contributed by atoms with Crippen molar-refractivity contribution >= 4 is 24.1 Å². The molecule has 10 nitrogen and oxygen atoms in total. The highest BCUT2D eigenvalue weighted by atomic mass is 16.6. The van der Waals surface area contributed by atoms with Gasteiger partial charge in [-0.1, -0.05) is 11.8 Å². The van der Waals surface area contributed by atoms with Crippen molar-refractivity contribution in [3.05, 3.63) is 0 Å². The number of rotatable bonds is 8. The van der Waals surface area contributed by atoms with Crippen LogP contribution in [-0.2, 0) is 19.1 Å². The maximum atomic E-state index is 11.0. The minimum absolute atomic E-state index is 0.0543. The Morgan fingerprint density at radius 2 is 1.14 bits per heavy atom. The van der Waals surface area contributed by atoms with Gasteiger partial charge in [-0.2, -0.15) is 0 Å². The molecule has 0 heterocycles. The van der Waals surface area contributed by atoms with E-state index < -0.39 is 24.1 Å². The summed E-state index contributed by atoms with van der Waals surface area (Å²) in [6, 6.07) is 0. The van der Waals surface area contributed by atoms with Crippen LogP contribution >= 0.6 is 0 Å². The molecule has 0 aromatic carbocycles. The van der Waals surface area contributed by atoms with E-state index in [2.05, 4.69) is 31.9 Å². The Kier molecular flexibility index (Phi) is 10.2. The lowest BCUT2D eigenvalue weighted by Gasteiger charge is -2.02. The van der Waals surface area contributed by atoms with E-state index in [1.54, 1.807) is 0 Å². The van der Waals surface area contributed by atoms with Crippen LogP contribution in [-0.4, -0.2) is 60.6 Å². The Labute approximate surface area is 125 Å². The average Bonchev–Trinajstić information content (AvgIpc) is 2.41. The van der Waals surface area contributed by atoms with Gasteiger partial charge in [0.2, 0.25) is 0 Å². The van der Waals surface area contributed by atoms with Crippen LogP contribution in [0.3, 0.4) is 0 Å². The van der Waals surface area contributed by atoms with Gasteiger partial charge in [0.1, 0.15) is 0 Å². The topological polar surface area (TPSA) is 151 Å². The fourth-order valence-electron chi connectivity index (χ4n) is 0.950. The summed E-state index contributed by atoms with van der Waals surface area (Å²) in [6.45, 7) is -0.603. The van der Waals surface area contributed by atoms with Crippen LogP contribution in [0.1, 0.15) is 12.8 Å². The standard InChI is InChI=1S/C12H16N2O8/c15-9(16)3-5-13-11(19)21-7-1-2-8-22-12(20)14-6-4-10(17)18/h3-8H2,(H,13,19)(H,14,20)(H,15,16)(H,17,18). The van der Waals surface area contributed by atoms with Gasteiger partial charge in [-0.05, 0) is 0 Å². The Hall–Kier alpha value is -2.96. The fourth-order valence-corrected chi connectivity index (χ4v) is 0.950. The highest BCUT2D eigenvalue weighted by molar-refractivity contribution is 5.71. The number of aliphatic carboxylic acids is 2. The van der Waals surface area contributed by atoms with E-state index in [1.165, 1.54) is 0 Å². The number of carboxylic acid groups (broad SMARTS) is 2. The molecule has 0 radical (unpaired) electrons. The van der Waals surface area contributed by atoms with E-state index in [0.717, 1.165) is 0 Å². The summed E-state index contributed by atoms with van der Waals surface area (Å²) in [5, 5.41) is 21.1. The van der Waals surface area contributed by atoms with E-state index in [4.69, 9.17) is 10.2 Å². The molecule has 4 N–H and O–H groups in total. The van der Waals surface area contributed by atoms with Gasteiger partial charge in [0.15, 0.2) is 13.2 Å². The van der Waals surface area contributed by atoms with Crippen LogP contribution in [0.2, 0.25) is 0 Å². The van der Waals surface area contributed by atoms with Gasteiger partial charge in [-0.3, -0.25) is 9.59 Å². The summed E-state index contributed by atoms with van der Waals surface area (Å²) in [7, 11) is 0. The first kappa shape index (κ1) is 19.0. The van der Waals surface area contributed by atoms with Gasteiger partial charge in [0.05, 0.1) is 12.8 Å². The maximum Gasteiger partial charge on any atom is 0.408 e. The molecule has 0 unspecified atom stereocenters. The first-order valence-electron chi connectivity index (χ1n) is 6.12. The van der Waals surface area contributed by atoms with Gasteiger partial charge in [-0.25, -0.2) is 9.59 Å². The first-order valence-corrected chi connectivity index (χ1v) is 6.12. The molecule has 0 saturated heterocycles. The molecule has 0 atom stereocenters. The minimum Gasteiger partial charge on any atom is -0.481 e. The molecule has 22 heavy (non-hydrogen) atoms. The van der Waals surface area contributed by atoms with Crippen LogP contribution in [0.15, 0.2) is 0 Å². The zero-order valence-corrected chi connectivity index (χ0v) is 11.6. The van der Waals surface area contributed by atoms with E-state index in [9.17, 15) is 19.2 Å². The van der Waals surface area contributed by atoms with Gasteiger partial charge >= 0.3 is 24.1 Å². The fraction of sp³-hybridized carbons (Fsp3) is 0.500. The van der Waals surface area contributed by atoms with Crippen molar-refractivity contribution in [2.45, 2.75) is 12.8 Å². The van der Waals surface area contributed by atoms with Gasteiger partial charge in [0, 0.05) is 13.1 Å². The maximum absolute atomic E-state index is 11.0. The lowest BCUT2D eigenvalue weighted by Crippen LogP contribution is -2.27. The second kappa shape index (κ2) is 11.8. The summed E-state index contributed by atoms with van der Waals surface area (Å²) in [4.78, 5) is 42.4. The lowest BCUT2D eigenvalue weighted by atomic mass is 10.4. The number of carbonyl (C=O) groups is 4. The minimum atomic E-state index is -1.04. The number of carbonyl (C=O) groups excluding carboxylic acids is 2. The van der Waals surface area contributed by atoms with E-state index in [-0.39, 0.29) is 39.1 Å². The monoisotopic (exact) mass is 316 g/mol. The number of hydrogen-bond donors (Lipinski definition) is 4. The second-order valence-corrected chi connectivity index (χ2v) is 3.65. The third-order valence-electron chi connectivity index (χ3n) is 1.89.